The zero-order valence-electron chi connectivity index (χ0n) is 6.75. The smallest absolute Gasteiger partial charge is 0.336 e. The van der Waals surface area contributed by atoms with E-state index in [0.29, 0.717) is 5.56 Å². The quantitative estimate of drug-likeness (QED) is 0.548. The summed E-state index contributed by atoms with van der Waals surface area (Å²) in [7, 11) is 0. The molecular weight excluding hydrogens is 188 g/mol. The molecule has 0 heterocycles. The Morgan fingerprint density at radius 1 is 1.46 bits per heavy atom. The molecule has 0 atom stereocenters. The molecule has 0 bridgehead atoms. The SMILES string of the molecule is O=C(O)c1ccccc1C#CCCl. The summed E-state index contributed by atoms with van der Waals surface area (Å²) in [4.78, 5) is 10.7. The van der Waals surface area contributed by atoms with Gasteiger partial charge in [0, 0.05) is 5.56 Å². The predicted molar refractivity (Wildman–Crippen MR) is 51.0 cm³/mol. The second kappa shape index (κ2) is 4.54. The third-order valence-electron chi connectivity index (χ3n) is 1.45. The Bertz CT molecular complexity index is 374. The molecule has 0 saturated carbocycles. The van der Waals surface area contributed by atoms with Gasteiger partial charge in [-0.1, -0.05) is 24.0 Å². The van der Waals surface area contributed by atoms with Gasteiger partial charge < -0.3 is 5.11 Å². The van der Waals surface area contributed by atoms with Crippen LogP contribution in [0.25, 0.3) is 0 Å². The van der Waals surface area contributed by atoms with Crippen LogP contribution in [0.5, 0.6) is 0 Å². The molecule has 0 fully saturated rings. The maximum atomic E-state index is 10.7. The van der Waals surface area contributed by atoms with Crippen molar-refractivity contribution < 1.29 is 9.90 Å². The molecule has 0 aliphatic carbocycles. The highest BCUT2D eigenvalue weighted by atomic mass is 35.5. The van der Waals surface area contributed by atoms with Crippen LogP contribution in [-0.4, -0.2) is 17.0 Å². The lowest BCUT2D eigenvalue weighted by atomic mass is 10.1. The van der Waals surface area contributed by atoms with Crippen molar-refractivity contribution in [2.75, 3.05) is 5.88 Å². The summed E-state index contributed by atoms with van der Waals surface area (Å²) in [6.45, 7) is 0. The molecule has 0 amide bonds. The van der Waals surface area contributed by atoms with Gasteiger partial charge in [0.15, 0.2) is 0 Å². The van der Waals surface area contributed by atoms with E-state index >= 15 is 0 Å². The lowest BCUT2D eigenvalue weighted by Crippen LogP contribution is -1.99. The summed E-state index contributed by atoms with van der Waals surface area (Å²) in [6.07, 6.45) is 0. The van der Waals surface area contributed by atoms with Crippen molar-refractivity contribution >= 4 is 17.6 Å². The Morgan fingerprint density at radius 3 is 2.77 bits per heavy atom. The summed E-state index contributed by atoms with van der Waals surface area (Å²) < 4.78 is 0. The van der Waals surface area contributed by atoms with E-state index in [4.69, 9.17) is 16.7 Å². The highest BCUT2D eigenvalue weighted by Crippen LogP contribution is 2.06. The van der Waals surface area contributed by atoms with E-state index in [1.54, 1.807) is 18.2 Å². The van der Waals surface area contributed by atoms with Crippen molar-refractivity contribution in [2.24, 2.45) is 0 Å². The van der Waals surface area contributed by atoms with Crippen LogP contribution in [0, 0.1) is 11.8 Å². The van der Waals surface area contributed by atoms with Gasteiger partial charge in [0.2, 0.25) is 0 Å². The van der Waals surface area contributed by atoms with Crippen LogP contribution in [0.2, 0.25) is 0 Å². The molecule has 66 valence electrons. The van der Waals surface area contributed by atoms with Crippen LogP contribution in [-0.2, 0) is 0 Å². The Kier molecular flexibility index (Phi) is 3.36. The highest BCUT2D eigenvalue weighted by molar-refractivity contribution is 6.19. The van der Waals surface area contributed by atoms with Crippen LogP contribution >= 0.6 is 11.6 Å². The second-order valence-corrected chi connectivity index (χ2v) is 2.55. The van der Waals surface area contributed by atoms with Gasteiger partial charge in [0.1, 0.15) is 0 Å². The molecule has 13 heavy (non-hydrogen) atoms. The summed E-state index contributed by atoms with van der Waals surface area (Å²) in [5.41, 5.74) is 0.704. The molecule has 0 radical (unpaired) electrons. The highest BCUT2D eigenvalue weighted by Gasteiger charge is 2.05. The number of benzene rings is 1. The number of aromatic carboxylic acids is 1. The first-order valence-electron chi connectivity index (χ1n) is 3.63. The van der Waals surface area contributed by atoms with Crippen molar-refractivity contribution in [2.45, 2.75) is 0 Å². The van der Waals surface area contributed by atoms with E-state index in [9.17, 15) is 4.79 Å². The molecule has 1 aromatic carbocycles. The van der Waals surface area contributed by atoms with Crippen molar-refractivity contribution in [3.05, 3.63) is 35.4 Å². The lowest BCUT2D eigenvalue weighted by Gasteiger charge is -1.96. The van der Waals surface area contributed by atoms with E-state index in [2.05, 4.69) is 11.8 Å². The van der Waals surface area contributed by atoms with Crippen molar-refractivity contribution in [3.8, 4) is 11.8 Å². The molecule has 1 rings (SSSR count). The van der Waals surface area contributed by atoms with Gasteiger partial charge in [0.05, 0.1) is 11.4 Å². The average Bonchev–Trinajstić information content (AvgIpc) is 2.15. The van der Waals surface area contributed by atoms with E-state index < -0.39 is 5.97 Å². The van der Waals surface area contributed by atoms with Crippen LogP contribution in [0.15, 0.2) is 24.3 Å². The number of hydrogen-bond donors (Lipinski definition) is 1. The monoisotopic (exact) mass is 194 g/mol. The molecule has 0 aliphatic heterocycles. The third-order valence-corrected chi connectivity index (χ3v) is 1.58. The number of carboxylic acid groups (broad SMARTS) is 1. The van der Waals surface area contributed by atoms with Crippen molar-refractivity contribution in [3.63, 3.8) is 0 Å². The van der Waals surface area contributed by atoms with Gasteiger partial charge in [-0.3, -0.25) is 0 Å². The van der Waals surface area contributed by atoms with E-state index in [-0.39, 0.29) is 11.4 Å². The fourth-order valence-electron chi connectivity index (χ4n) is 0.907. The van der Waals surface area contributed by atoms with Crippen LogP contribution in [0.1, 0.15) is 15.9 Å². The van der Waals surface area contributed by atoms with Gasteiger partial charge in [-0.15, -0.1) is 11.6 Å². The fraction of sp³-hybridized carbons (Fsp3) is 0.100. The second-order valence-electron chi connectivity index (χ2n) is 2.29. The minimum Gasteiger partial charge on any atom is -0.478 e. The van der Waals surface area contributed by atoms with Gasteiger partial charge in [-0.05, 0) is 12.1 Å². The first-order chi connectivity index (χ1) is 6.25. The number of carboxylic acids is 1. The molecule has 0 aliphatic rings. The Hall–Kier alpha value is -1.46. The molecule has 1 N–H and O–H groups in total. The maximum Gasteiger partial charge on any atom is 0.336 e. The maximum absolute atomic E-state index is 10.7. The van der Waals surface area contributed by atoms with Crippen LogP contribution < -0.4 is 0 Å². The minimum atomic E-state index is -0.973. The van der Waals surface area contributed by atoms with E-state index in [1.165, 1.54) is 6.07 Å². The predicted octanol–water partition coefficient (Wildman–Crippen LogP) is 1.98. The molecular formula is C10H7ClO2. The number of halogens is 1. The van der Waals surface area contributed by atoms with Crippen LogP contribution in [0.3, 0.4) is 0 Å². The lowest BCUT2D eigenvalue weighted by molar-refractivity contribution is 0.0696. The van der Waals surface area contributed by atoms with Gasteiger partial charge in [-0.2, -0.15) is 0 Å². The number of hydrogen-bond acceptors (Lipinski definition) is 1. The van der Waals surface area contributed by atoms with Crippen LogP contribution in [0.4, 0.5) is 0 Å². The molecule has 1 aromatic rings. The van der Waals surface area contributed by atoms with Gasteiger partial charge in [0.25, 0.3) is 0 Å². The zero-order valence-corrected chi connectivity index (χ0v) is 7.51. The van der Waals surface area contributed by atoms with Crippen molar-refractivity contribution in [1.82, 2.24) is 0 Å². The molecule has 0 aromatic heterocycles. The summed E-state index contributed by atoms with van der Waals surface area (Å²) in [5, 5.41) is 8.76. The van der Waals surface area contributed by atoms with Gasteiger partial charge in [-0.25, -0.2) is 4.79 Å². The van der Waals surface area contributed by atoms with Gasteiger partial charge >= 0.3 is 5.97 Å². The Morgan fingerprint density at radius 2 is 2.15 bits per heavy atom. The van der Waals surface area contributed by atoms with E-state index in [1.807, 2.05) is 0 Å². The summed E-state index contributed by atoms with van der Waals surface area (Å²) in [6, 6.07) is 6.57. The summed E-state index contributed by atoms with van der Waals surface area (Å²) in [5.74, 6) is 4.52. The minimum absolute atomic E-state index is 0.202. The summed E-state index contributed by atoms with van der Waals surface area (Å²) >= 11 is 5.36. The fourth-order valence-corrected chi connectivity index (χ4v) is 0.974. The molecule has 0 unspecified atom stereocenters. The number of rotatable bonds is 1. The molecule has 2 nitrogen and oxygen atoms in total. The average molecular weight is 195 g/mol. The van der Waals surface area contributed by atoms with E-state index in [0.717, 1.165) is 0 Å². The Balaban J connectivity index is 3.12. The first kappa shape index (κ1) is 9.63. The molecule has 0 saturated heterocycles. The topological polar surface area (TPSA) is 37.3 Å². The normalized spacial score (nSPS) is 8.69. The standard InChI is InChI=1S/C10H7ClO2/c11-7-3-5-8-4-1-2-6-9(8)10(12)13/h1-2,4,6H,7H2,(H,12,13). The third kappa shape index (κ3) is 2.50. The van der Waals surface area contributed by atoms with Crippen molar-refractivity contribution in [1.29, 1.82) is 0 Å². The number of alkyl halides is 1. The zero-order chi connectivity index (χ0) is 9.68. The largest absolute Gasteiger partial charge is 0.478 e. The molecule has 3 heteroatoms. The first-order valence-corrected chi connectivity index (χ1v) is 4.16. The molecule has 0 spiro atoms. The number of carbonyl (C=O) groups is 1. The Labute approximate surface area is 81.1 Å².